The van der Waals surface area contributed by atoms with Crippen molar-refractivity contribution in [3.05, 3.63) is 39.5 Å². The van der Waals surface area contributed by atoms with E-state index in [-0.39, 0.29) is 10.6 Å². The minimum Gasteiger partial charge on any atom is -0.254 e. The van der Waals surface area contributed by atoms with Gasteiger partial charge in [0.05, 0.1) is 16.1 Å². The van der Waals surface area contributed by atoms with Gasteiger partial charge in [-0.3, -0.25) is 4.98 Å². The number of fused-ring (bicyclic) bond motifs is 1. The molecule has 0 atom stereocenters. The van der Waals surface area contributed by atoms with Gasteiger partial charge < -0.3 is 0 Å². The molecule has 1 heterocycles. The van der Waals surface area contributed by atoms with E-state index < -0.39 is 6.43 Å². The molecule has 0 saturated heterocycles. The van der Waals surface area contributed by atoms with Crippen molar-refractivity contribution in [2.24, 2.45) is 0 Å². The number of hydrogen-bond acceptors (Lipinski definition) is 1. The van der Waals surface area contributed by atoms with Crippen LogP contribution in [0.3, 0.4) is 0 Å². The number of aromatic nitrogens is 1. The van der Waals surface area contributed by atoms with E-state index in [4.69, 9.17) is 11.6 Å². The molecule has 1 aromatic heterocycles. The number of para-hydroxylation sites is 1. The molecule has 2 aromatic rings. The number of alkyl halides is 2. The van der Waals surface area contributed by atoms with Crippen molar-refractivity contribution in [2.45, 2.75) is 6.43 Å². The van der Waals surface area contributed by atoms with Gasteiger partial charge in [0.2, 0.25) is 0 Å². The van der Waals surface area contributed by atoms with E-state index in [1.165, 1.54) is 0 Å². The Labute approximate surface area is 98.2 Å². The van der Waals surface area contributed by atoms with Crippen molar-refractivity contribution < 1.29 is 8.78 Å². The predicted octanol–water partition coefficient (Wildman–Crippen LogP) is 4.59. The molecular formula is C10H5BrClF2N. The highest BCUT2D eigenvalue weighted by Gasteiger charge is 2.15. The van der Waals surface area contributed by atoms with Crippen LogP contribution in [0.1, 0.15) is 12.0 Å². The lowest BCUT2D eigenvalue weighted by Gasteiger charge is -2.06. The van der Waals surface area contributed by atoms with Gasteiger partial charge in [-0.25, -0.2) is 8.78 Å². The average Bonchev–Trinajstić information content (AvgIpc) is 2.19. The molecule has 78 valence electrons. The molecule has 1 nitrogen and oxygen atoms in total. The van der Waals surface area contributed by atoms with Crippen LogP contribution in [0.5, 0.6) is 0 Å². The second kappa shape index (κ2) is 4.02. The van der Waals surface area contributed by atoms with Crippen LogP contribution in [0.25, 0.3) is 10.9 Å². The van der Waals surface area contributed by atoms with E-state index in [0.29, 0.717) is 10.9 Å². The highest BCUT2D eigenvalue weighted by molar-refractivity contribution is 9.10. The van der Waals surface area contributed by atoms with Crippen LogP contribution in [0.4, 0.5) is 8.78 Å². The molecule has 0 spiro atoms. The molecular weight excluding hydrogens is 287 g/mol. The molecule has 0 amide bonds. The fraction of sp³-hybridized carbons (Fsp3) is 0.100. The first kappa shape index (κ1) is 10.8. The Hall–Kier alpha value is -0.740. The number of nitrogens with zero attached hydrogens (tertiary/aromatic N) is 1. The third kappa shape index (κ3) is 1.84. The van der Waals surface area contributed by atoms with Gasteiger partial charge >= 0.3 is 0 Å². The minimum absolute atomic E-state index is 0.0660. The van der Waals surface area contributed by atoms with Gasteiger partial charge in [0.25, 0.3) is 6.43 Å². The topological polar surface area (TPSA) is 12.9 Å². The molecule has 0 N–H and O–H groups in total. The monoisotopic (exact) mass is 291 g/mol. The fourth-order valence-electron chi connectivity index (χ4n) is 1.32. The lowest BCUT2D eigenvalue weighted by atomic mass is 10.1. The van der Waals surface area contributed by atoms with E-state index in [1.54, 1.807) is 18.2 Å². The molecule has 0 aliphatic rings. The number of benzene rings is 1. The summed E-state index contributed by atoms with van der Waals surface area (Å²) in [6.45, 7) is 0. The van der Waals surface area contributed by atoms with Gasteiger partial charge in [-0.1, -0.05) is 23.7 Å². The van der Waals surface area contributed by atoms with Crippen LogP contribution in [0.2, 0.25) is 5.02 Å². The van der Waals surface area contributed by atoms with Crippen molar-refractivity contribution in [1.29, 1.82) is 0 Å². The van der Waals surface area contributed by atoms with E-state index >= 15 is 0 Å². The maximum Gasteiger partial charge on any atom is 0.266 e. The molecule has 5 heteroatoms. The summed E-state index contributed by atoms with van der Waals surface area (Å²) in [5.74, 6) is 0. The number of hydrogen-bond donors (Lipinski definition) is 0. The SMILES string of the molecule is FC(F)c1cnc2c(Br)cccc2c1Cl. The zero-order chi connectivity index (χ0) is 11.0. The van der Waals surface area contributed by atoms with Crippen LogP contribution >= 0.6 is 27.5 Å². The summed E-state index contributed by atoms with van der Waals surface area (Å²) >= 11 is 9.15. The maximum absolute atomic E-state index is 12.5. The third-order valence-electron chi connectivity index (χ3n) is 2.04. The Morgan fingerprint density at radius 1 is 1.33 bits per heavy atom. The van der Waals surface area contributed by atoms with Crippen molar-refractivity contribution >= 4 is 38.4 Å². The average molecular weight is 293 g/mol. The molecule has 0 bridgehead atoms. The first-order valence-electron chi connectivity index (χ1n) is 4.12. The largest absolute Gasteiger partial charge is 0.266 e. The molecule has 2 rings (SSSR count). The van der Waals surface area contributed by atoms with Gasteiger partial charge in [-0.05, 0) is 22.0 Å². The molecule has 0 radical (unpaired) electrons. The quantitative estimate of drug-likeness (QED) is 0.749. The molecule has 0 fully saturated rings. The van der Waals surface area contributed by atoms with Crippen LogP contribution in [-0.4, -0.2) is 4.98 Å². The Bertz CT molecular complexity index is 516. The van der Waals surface area contributed by atoms with Gasteiger partial charge in [0.1, 0.15) is 0 Å². The summed E-state index contributed by atoms with van der Waals surface area (Å²) in [6, 6.07) is 5.18. The summed E-state index contributed by atoms with van der Waals surface area (Å²) in [7, 11) is 0. The Kier molecular flexibility index (Phi) is 2.89. The summed E-state index contributed by atoms with van der Waals surface area (Å²) < 4.78 is 25.8. The lowest BCUT2D eigenvalue weighted by Crippen LogP contribution is -1.90. The summed E-state index contributed by atoms with van der Waals surface area (Å²) in [5, 5.41) is 0.597. The second-order valence-electron chi connectivity index (χ2n) is 2.96. The molecule has 1 aromatic carbocycles. The second-order valence-corrected chi connectivity index (χ2v) is 4.20. The Balaban J connectivity index is 2.80. The van der Waals surface area contributed by atoms with Crippen molar-refractivity contribution in [1.82, 2.24) is 4.98 Å². The Morgan fingerprint density at radius 3 is 2.73 bits per heavy atom. The standard InChI is InChI=1S/C10H5BrClF2N/c11-7-3-1-2-5-8(12)6(10(13)14)4-15-9(5)7/h1-4,10H. The minimum atomic E-state index is -2.60. The van der Waals surface area contributed by atoms with Crippen molar-refractivity contribution in [3.63, 3.8) is 0 Å². The number of rotatable bonds is 1. The van der Waals surface area contributed by atoms with Crippen LogP contribution in [0.15, 0.2) is 28.9 Å². The van der Waals surface area contributed by atoms with Crippen molar-refractivity contribution in [3.8, 4) is 0 Å². The predicted molar refractivity (Wildman–Crippen MR) is 59.4 cm³/mol. The normalized spacial score (nSPS) is 11.3. The van der Waals surface area contributed by atoms with Gasteiger partial charge in [0, 0.05) is 16.1 Å². The van der Waals surface area contributed by atoms with E-state index in [0.717, 1.165) is 10.7 Å². The molecule has 0 saturated carbocycles. The fourth-order valence-corrected chi connectivity index (χ4v) is 2.07. The van der Waals surface area contributed by atoms with E-state index in [9.17, 15) is 8.78 Å². The van der Waals surface area contributed by atoms with Gasteiger partial charge in [-0.2, -0.15) is 0 Å². The maximum atomic E-state index is 12.5. The zero-order valence-electron chi connectivity index (χ0n) is 7.35. The first-order valence-corrected chi connectivity index (χ1v) is 5.29. The summed E-state index contributed by atoms with van der Waals surface area (Å²) in [4.78, 5) is 3.95. The molecule has 15 heavy (non-hydrogen) atoms. The van der Waals surface area contributed by atoms with E-state index in [2.05, 4.69) is 20.9 Å². The van der Waals surface area contributed by atoms with Crippen molar-refractivity contribution in [2.75, 3.05) is 0 Å². The van der Waals surface area contributed by atoms with E-state index in [1.807, 2.05) is 0 Å². The first-order chi connectivity index (χ1) is 7.11. The number of halogens is 4. The molecule has 0 unspecified atom stereocenters. The van der Waals surface area contributed by atoms with Crippen LogP contribution < -0.4 is 0 Å². The van der Waals surface area contributed by atoms with Gasteiger partial charge in [0.15, 0.2) is 0 Å². The third-order valence-corrected chi connectivity index (χ3v) is 3.11. The smallest absolute Gasteiger partial charge is 0.254 e. The summed E-state index contributed by atoms with van der Waals surface area (Å²) in [6.07, 6.45) is -1.49. The number of pyridine rings is 1. The van der Waals surface area contributed by atoms with Crippen LogP contribution in [-0.2, 0) is 0 Å². The Morgan fingerprint density at radius 2 is 2.07 bits per heavy atom. The van der Waals surface area contributed by atoms with Crippen LogP contribution in [0, 0.1) is 0 Å². The highest BCUT2D eigenvalue weighted by Crippen LogP contribution is 2.34. The van der Waals surface area contributed by atoms with Gasteiger partial charge in [-0.15, -0.1) is 0 Å². The molecule has 0 aliphatic heterocycles. The highest BCUT2D eigenvalue weighted by atomic mass is 79.9. The molecule has 0 aliphatic carbocycles. The zero-order valence-corrected chi connectivity index (χ0v) is 9.69. The summed E-state index contributed by atoms with van der Waals surface area (Å²) in [5.41, 5.74) is 0.356. The lowest BCUT2D eigenvalue weighted by molar-refractivity contribution is 0.151.